The fraction of sp³-hybridized carbons (Fsp3) is 0.385. The van der Waals surface area contributed by atoms with Crippen LogP contribution in [0.25, 0.3) is 0 Å². The van der Waals surface area contributed by atoms with E-state index in [2.05, 4.69) is 22.0 Å². The molecule has 17 heavy (non-hydrogen) atoms. The molecule has 1 aromatic rings. The fourth-order valence-electron chi connectivity index (χ4n) is 1.64. The number of ether oxygens (including phenoxy) is 1. The van der Waals surface area contributed by atoms with E-state index in [4.69, 9.17) is 10.00 Å². The Hall–Kier alpha value is -1.34. The van der Waals surface area contributed by atoms with Gasteiger partial charge in [-0.05, 0) is 36.6 Å². The Labute approximate surface area is 110 Å². The third kappa shape index (κ3) is 3.31. The summed E-state index contributed by atoms with van der Waals surface area (Å²) in [5.74, 6) is -0.235. The van der Waals surface area contributed by atoms with Crippen LogP contribution in [0.3, 0.4) is 0 Å². The zero-order valence-electron chi connectivity index (χ0n) is 9.92. The maximum absolute atomic E-state index is 11.4. The van der Waals surface area contributed by atoms with Gasteiger partial charge < -0.3 is 4.74 Å². The van der Waals surface area contributed by atoms with E-state index in [0.29, 0.717) is 17.5 Å². The van der Waals surface area contributed by atoms with Crippen LogP contribution in [0.1, 0.15) is 29.2 Å². The van der Waals surface area contributed by atoms with Crippen molar-refractivity contribution in [2.75, 3.05) is 6.61 Å². The van der Waals surface area contributed by atoms with Gasteiger partial charge in [-0.25, -0.2) is 0 Å². The minimum Gasteiger partial charge on any atom is -0.466 e. The van der Waals surface area contributed by atoms with Gasteiger partial charge in [0.25, 0.3) is 0 Å². The van der Waals surface area contributed by atoms with Crippen LogP contribution in [0.5, 0.6) is 0 Å². The normalized spacial score (nSPS) is 9.76. The quantitative estimate of drug-likeness (QED) is 0.634. The number of rotatable bonds is 4. The summed E-state index contributed by atoms with van der Waals surface area (Å²) < 4.78 is 4.92. The lowest BCUT2D eigenvalue weighted by atomic mass is 9.97. The summed E-state index contributed by atoms with van der Waals surface area (Å²) in [7, 11) is 0. The van der Waals surface area contributed by atoms with E-state index >= 15 is 0 Å². The Balaban J connectivity index is 3.03. The Morgan fingerprint density at radius 2 is 2.24 bits per heavy atom. The molecular weight excluding hydrogens is 282 g/mol. The molecule has 0 bridgehead atoms. The van der Waals surface area contributed by atoms with Crippen LogP contribution in [0.4, 0.5) is 0 Å². The molecule has 0 aliphatic carbocycles. The number of nitriles is 1. The average molecular weight is 296 g/mol. The molecule has 0 N–H and O–H groups in total. The smallest absolute Gasteiger partial charge is 0.310 e. The SMILES string of the molecule is CCOC(=O)Cc1ccc(C#N)c(CBr)c1C. The molecule has 0 saturated heterocycles. The predicted octanol–water partition coefficient (Wildman–Crippen LogP) is 2.87. The third-order valence-corrected chi connectivity index (χ3v) is 3.17. The van der Waals surface area contributed by atoms with Crippen LogP contribution in [0.2, 0.25) is 0 Å². The molecule has 0 spiro atoms. The van der Waals surface area contributed by atoms with E-state index in [0.717, 1.165) is 16.7 Å². The highest BCUT2D eigenvalue weighted by Gasteiger charge is 2.12. The van der Waals surface area contributed by atoms with Crippen molar-refractivity contribution in [3.8, 4) is 6.07 Å². The minimum atomic E-state index is -0.235. The summed E-state index contributed by atoms with van der Waals surface area (Å²) in [6.45, 7) is 4.10. The molecule has 1 rings (SSSR count). The van der Waals surface area contributed by atoms with Gasteiger partial charge in [0.2, 0.25) is 0 Å². The van der Waals surface area contributed by atoms with Gasteiger partial charge >= 0.3 is 5.97 Å². The number of alkyl halides is 1. The largest absolute Gasteiger partial charge is 0.466 e. The predicted molar refractivity (Wildman–Crippen MR) is 68.9 cm³/mol. The lowest BCUT2D eigenvalue weighted by molar-refractivity contribution is -0.142. The highest BCUT2D eigenvalue weighted by molar-refractivity contribution is 9.08. The summed E-state index contributed by atoms with van der Waals surface area (Å²) in [5.41, 5.74) is 3.48. The van der Waals surface area contributed by atoms with Crippen LogP contribution in [-0.2, 0) is 21.3 Å². The van der Waals surface area contributed by atoms with E-state index in [1.165, 1.54) is 0 Å². The topological polar surface area (TPSA) is 50.1 Å². The molecule has 1 aromatic carbocycles. The number of halogens is 1. The third-order valence-electron chi connectivity index (χ3n) is 2.60. The Kier molecular flexibility index (Phi) is 5.17. The van der Waals surface area contributed by atoms with Gasteiger partial charge in [-0.2, -0.15) is 5.26 Å². The molecule has 0 aliphatic heterocycles. The lowest BCUT2D eigenvalue weighted by Crippen LogP contribution is -2.09. The number of benzene rings is 1. The maximum Gasteiger partial charge on any atom is 0.310 e. The van der Waals surface area contributed by atoms with Crippen molar-refractivity contribution < 1.29 is 9.53 Å². The molecular formula is C13H14BrNO2. The molecule has 0 amide bonds. The van der Waals surface area contributed by atoms with Crippen molar-refractivity contribution in [2.24, 2.45) is 0 Å². The molecule has 0 aliphatic rings. The van der Waals surface area contributed by atoms with Crippen LogP contribution < -0.4 is 0 Å². The standard InChI is InChI=1S/C13H14BrNO2/c1-3-17-13(16)6-10-4-5-11(8-15)12(7-14)9(10)2/h4-5H,3,6-7H2,1-2H3. The zero-order valence-corrected chi connectivity index (χ0v) is 11.5. The summed E-state index contributed by atoms with van der Waals surface area (Å²) >= 11 is 3.36. The Morgan fingerprint density at radius 3 is 2.76 bits per heavy atom. The number of nitrogens with zero attached hydrogens (tertiary/aromatic N) is 1. The first-order valence-electron chi connectivity index (χ1n) is 5.37. The van der Waals surface area contributed by atoms with Gasteiger partial charge in [0, 0.05) is 5.33 Å². The Bertz CT molecular complexity index is 463. The number of carbonyl (C=O) groups excluding carboxylic acids is 1. The number of esters is 1. The molecule has 0 fully saturated rings. The molecule has 0 radical (unpaired) electrons. The van der Waals surface area contributed by atoms with Gasteiger partial charge in [0.1, 0.15) is 0 Å². The first-order valence-corrected chi connectivity index (χ1v) is 6.49. The van der Waals surface area contributed by atoms with Crippen molar-refractivity contribution in [3.63, 3.8) is 0 Å². The zero-order chi connectivity index (χ0) is 12.8. The van der Waals surface area contributed by atoms with Gasteiger partial charge in [0.15, 0.2) is 0 Å². The van der Waals surface area contributed by atoms with Gasteiger partial charge in [0.05, 0.1) is 24.7 Å². The van der Waals surface area contributed by atoms with Crippen LogP contribution in [0.15, 0.2) is 12.1 Å². The van der Waals surface area contributed by atoms with Gasteiger partial charge in [-0.3, -0.25) is 4.79 Å². The number of carbonyl (C=O) groups is 1. The highest BCUT2D eigenvalue weighted by atomic mass is 79.9. The second kappa shape index (κ2) is 6.41. The van der Waals surface area contributed by atoms with Gasteiger partial charge in [-0.1, -0.05) is 22.0 Å². The van der Waals surface area contributed by atoms with E-state index in [-0.39, 0.29) is 12.4 Å². The molecule has 0 heterocycles. The van der Waals surface area contributed by atoms with E-state index in [1.54, 1.807) is 13.0 Å². The van der Waals surface area contributed by atoms with Crippen LogP contribution in [0, 0.1) is 18.3 Å². The van der Waals surface area contributed by atoms with Crippen LogP contribution >= 0.6 is 15.9 Å². The summed E-state index contributed by atoms with van der Waals surface area (Å²) in [4.78, 5) is 11.4. The molecule has 0 unspecified atom stereocenters. The molecule has 90 valence electrons. The van der Waals surface area contributed by atoms with Gasteiger partial charge in [-0.15, -0.1) is 0 Å². The summed E-state index contributed by atoms with van der Waals surface area (Å²) in [5, 5.41) is 9.58. The van der Waals surface area contributed by atoms with Crippen LogP contribution in [-0.4, -0.2) is 12.6 Å². The molecule has 0 aromatic heterocycles. The lowest BCUT2D eigenvalue weighted by Gasteiger charge is -2.10. The van der Waals surface area contributed by atoms with Crippen molar-refractivity contribution in [2.45, 2.75) is 25.6 Å². The highest BCUT2D eigenvalue weighted by Crippen LogP contribution is 2.21. The fourth-order valence-corrected chi connectivity index (χ4v) is 2.36. The molecule has 0 saturated carbocycles. The molecule has 3 nitrogen and oxygen atoms in total. The molecule has 4 heteroatoms. The number of hydrogen-bond donors (Lipinski definition) is 0. The molecule has 0 atom stereocenters. The number of hydrogen-bond acceptors (Lipinski definition) is 3. The Morgan fingerprint density at radius 1 is 1.53 bits per heavy atom. The first kappa shape index (κ1) is 13.7. The average Bonchev–Trinajstić information content (AvgIpc) is 2.31. The second-order valence-corrected chi connectivity index (χ2v) is 4.16. The van der Waals surface area contributed by atoms with E-state index in [1.807, 2.05) is 13.0 Å². The van der Waals surface area contributed by atoms with Crippen molar-refractivity contribution in [1.82, 2.24) is 0 Å². The maximum atomic E-state index is 11.4. The minimum absolute atomic E-state index is 0.235. The first-order chi connectivity index (χ1) is 8.13. The van der Waals surface area contributed by atoms with E-state index < -0.39 is 0 Å². The van der Waals surface area contributed by atoms with Crippen molar-refractivity contribution in [1.29, 1.82) is 5.26 Å². The van der Waals surface area contributed by atoms with Crippen molar-refractivity contribution in [3.05, 3.63) is 34.4 Å². The van der Waals surface area contributed by atoms with Crippen molar-refractivity contribution >= 4 is 21.9 Å². The summed E-state index contributed by atoms with van der Waals surface area (Å²) in [6.07, 6.45) is 0.255. The van der Waals surface area contributed by atoms with E-state index in [9.17, 15) is 4.79 Å². The second-order valence-electron chi connectivity index (χ2n) is 3.60. The summed E-state index contributed by atoms with van der Waals surface area (Å²) in [6, 6.07) is 5.71. The monoisotopic (exact) mass is 295 g/mol.